The highest BCUT2D eigenvalue weighted by Crippen LogP contribution is 2.48. The van der Waals surface area contributed by atoms with Gasteiger partial charge < -0.3 is 24.1 Å². The number of aromatic nitrogens is 1. The number of pyridine rings is 1. The van der Waals surface area contributed by atoms with Crippen LogP contribution >= 0.6 is 0 Å². The first-order valence-electron chi connectivity index (χ1n) is 9.90. The molecule has 0 aliphatic carbocycles. The molecule has 0 radical (unpaired) electrons. The minimum Gasteiger partial charge on any atom is -0.497 e. The van der Waals surface area contributed by atoms with Crippen LogP contribution in [0, 0.1) is 0 Å². The zero-order valence-corrected chi connectivity index (χ0v) is 19.8. The van der Waals surface area contributed by atoms with E-state index in [1.807, 2.05) is 0 Å². The van der Waals surface area contributed by atoms with Gasteiger partial charge in [-0.15, -0.1) is 0 Å². The molecule has 11 heteroatoms. The van der Waals surface area contributed by atoms with Crippen molar-refractivity contribution in [1.82, 2.24) is 4.98 Å². The third kappa shape index (κ3) is 4.69. The van der Waals surface area contributed by atoms with Gasteiger partial charge in [0.05, 0.1) is 45.4 Å². The Morgan fingerprint density at radius 3 is 2.15 bits per heavy atom. The first-order chi connectivity index (χ1) is 16.3. The van der Waals surface area contributed by atoms with Gasteiger partial charge >= 0.3 is 5.97 Å². The van der Waals surface area contributed by atoms with Gasteiger partial charge in [0.15, 0.2) is 11.5 Å². The molecular formula is C23H24N2O8S. The van der Waals surface area contributed by atoms with E-state index in [1.165, 1.54) is 65.0 Å². The summed E-state index contributed by atoms with van der Waals surface area (Å²) in [6.07, 6.45) is 3.04. The Hall–Kier alpha value is -3.99. The number of benzene rings is 2. The zero-order chi connectivity index (χ0) is 24.9. The molecule has 2 aromatic carbocycles. The summed E-state index contributed by atoms with van der Waals surface area (Å²) in [6, 6.07) is 10.3. The van der Waals surface area contributed by atoms with Gasteiger partial charge in [-0.3, -0.25) is 9.29 Å². The quantitative estimate of drug-likeness (QED) is 0.458. The molecule has 0 aliphatic rings. The van der Waals surface area contributed by atoms with Crippen molar-refractivity contribution in [3.05, 3.63) is 66.0 Å². The standard InChI is InChI=1S/C23H24N2O8S/c1-30-16-7-9-17(10-8-16)34(28,29)25(14-15-6-5-11-24-13-15)20-18(23(26)27)12-19(31-2)21(32-3)22(20)33-4/h5-13H,14H2,1-4H3,(H,26,27). The molecule has 10 nitrogen and oxygen atoms in total. The molecule has 0 amide bonds. The Balaban J connectivity index is 2.35. The summed E-state index contributed by atoms with van der Waals surface area (Å²) in [5, 5.41) is 9.99. The number of aromatic carboxylic acids is 1. The van der Waals surface area contributed by atoms with Crippen LogP contribution in [0.1, 0.15) is 15.9 Å². The summed E-state index contributed by atoms with van der Waals surface area (Å²) in [5.74, 6) is -0.905. The molecule has 1 aromatic heterocycles. The van der Waals surface area contributed by atoms with Gasteiger partial charge in [-0.25, -0.2) is 13.2 Å². The minimum absolute atomic E-state index is 0.0473. The number of rotatable bonds is 10. The van der Waals surface area contributed by atoms with Gasteiger partial charge in [0.1, 0.15) is 11.4 Å². The highest BCUT2D eigenvalue weighted by atomic mass is 32.2. The van der Waals surface area contributed by atoms with E-state index in [1.54, 1.807) is 18.3 Å². The van der Waals surface area contributed by atoms with E-state index >= 15 is 0 Å². The lowest BCUT2D eigenvalue weighted by Gasteiger charge is -2.29. The van der Waals surface area contributed by atoms with Crippen molar-refractivity contribution in [3.63, 3.8) is 0 Å². The molecule has 180 valence electrons. The van der Waals surface area contributed by atoms with E-state index in [4.69, 9.17) is 18.9 Å². The van der Waals surface area contributed by atoms with E-state index in [0.29, 0.717) is 11.3 Å². The smallest absolute Gasteiger partial charge is 0.338 e. The number of ether oxygens (including phenoxy) is 4. The van der Waals surface area contributed by atoms with E-state index < -0.39 is 16.0 Å². The number of methoxy groups -OCH3 is 4. The maximum absolute atomic E-state index is 13.9. The number of carboxylic acid groups (broad SMARTS) is 1. The number of hydrogen-bond donors (Lipinski definition) is 1. The molecule has 0 atom stereocenters. The summed E-state index contributed by atoms with van der Waals surface area (Å²) in [7, 11) is 1.13. The van der Waals surface area contributed by atoms with Crippen molar-refractivity contribution in [2.45, 2.75) is 11.4 Å². The second kappa shape index (κ2) is 10.3. The Morgan fingerprint density at radius 1 is 0.971 bits per heavy atom. The molecule has 1 N–H and O–H groups in total. The van der Waals surface area contributed by atoms with Crippen LogP contribution in [-0.2, 0) is 16.6 Å². The van der Waals surface area contributed by atoms with Crippen LogP contribution in [0.25, 0.3) is 0 Å². The zero-order valence-electron chi connectivity index (χ0n) is 19.0. The predicted octanol–water partition coefficient (Wildman–Crippen LogP) is 3.21. The van der Waals surface area contributed by atoms with Gasteiger partial charge in [0.25, 0.3) is 10.0 Å². The van der Waals surface area contributed by atoms with E-state index in [-0.39, 0.29) is 39.9 Å². The maximum atomic E-state index is 13.9. The molecule has 1 heterocycles. The number of sulfonamides is 1. The molecule has 0 aliphatic heterocycles. The van der Waals surface area contributed by atoms with Crippen LogP contribution in [0.15, 0.2) is 59.8 Å². The van der Waals surface area contributed by atoms with Gasteiger partial charge in [-0.2, -0.15) is 0 Å². The first-order valence-corrected chi connectivity index (χ1v) is 11.3. The third-order valence-electron chi connectivity index (χ3n) is 4.98. The lowest BCUT2D eigenvalue weighted by molar-refractivity contribution is 0.0697. The lowest BCUT2D eigenvalue weighted by atomic mass is 10.1. The number of nitrogens with zero attached hydrogens (tertiary/aromatic N) is 2. The van der Waals surface area contributed by atoms with Crippen LogP contribution < -0.4 is 23.3 Å². The fourth-order valence-electron chi connectivity index (χ4n) is 3.37. The van der Waals surface area contributed by atoms with Gasteiger partial charge in [-0.05, 0) is 35.9 Å². The van der Waals surface area contributed by atoms with Crippen LogP contribution in [0.3, 0.4) is 0 Å². The second-order valence-corrected chi connectivity index (χ2v) is 8.76. The predicted molar refractivity (Wildman–Crippen MR) is 124 cm³/mol. The number of carbonyl (C=O) groups is 1. The topological polar surface area (TPSA) is 124 Å². The highest BCUT2D eigenvalue weighted by Gasteiger charge is 2.35. The fourth-order valence-corrected chi connectivity index (χ4v) is 4.84. The van der Waals surface area contributed by atoms with Crippen LogP contribution in [-0.4, -0.2) is 52.9 Å². The molecule has 0 unspecified atom stereocenters. The molecule has 0 fully saturated rings. The van der Waals surface area contributed by atoms with Crippen LogP contribution in [0.2, 0.25) is 0 Å². The molecule has 0 spiro atoms. The fraction of sp³-hybridized carbons (Fsp3) is 0.217. The second-order valence-electron chi connectivity index (χ2n) is 6.90. The van der Waals surface area contributed by atoms with Crippen LogP contribution in [0.4, 0.5) is 5.69 Å². The van der Waals surface area contributed by atoms with Crippen molar-refractivity contribution in [1.29, 1.82) is 0 Å². The molecule has 34 heavy (non-hydrogen) atoms. The van der Waals surface area contributed by atoms with Crippen molar-refractivity contribution in [2.75, 3.05) is 32.7 Å². The SMILES string of the molecule is COc1ccc(S(=O)(=O)N(Cc2cccnc2)c2c(C(=O)O)cc(OC)c(OC)c2OC)cc1. The molecule has 3 rings (SSSR count). The summed E-state index contributed by atoms with van der Waals surface area (Å²) in [6.45, 7) is -0.228. The Bertz CT molecular complexity index is 1260. The summed E-state index contributed by atoms with van der Waals surface area (Å²) >= 11 is 0. The minimum atomic E-state index is -4.30. The first kappa shape index (κ1) is 24.6. The van der Waals surface area contributed by atoms with Crippen LogP contribution in [0.5, 0.6) is 23.0 Å². The molecule has 0 bridgehead atoms. The van der Waals surface area contributed by atoms with E-state index in [9.17, 15) is 18.3 Å². The van der Waals surface area contributed by atoms with Gasteiger partial charge in [-0.1, -0.05) is 6.07 Å². The summed E-state index contributed by atoms with van der Waals surface area (Å²) in [4.78, 5) is 16.2. The Morgan fingerprint density at radius 2 is 1.65 bits per heavy atom. The Kier molecular flexibility index (Phi) is 7.47. The van der Waals surface area contributed by atoms with E-state index in [2.05, 4.69) is 4.98 Å². The molecular weight excluding hydrogens is 464 g/mol. The number of carboxylic acids is 1. The molecule has 0 saturated carbocycles. The Labute approximate surface area is 197 Å². The monoisotopic (exact) mass is 488 g/mol. The average Bonchev–Trinajstić information content (AvgIpc) is 2.86. The number of hydrogen-bond acceptors (Lipinski definition) is 8. The van der Waals surface area contributed by atoms with Gasteiger partial charge in [0, 0.05) is 18.5 Å². The van der Waals surface area contributed by atoms with Crippen molar-refractivity contribution < 1.29 is 37.3 Å². The van der Waals surface area contributed by atoms with Crippen molar-refractivity contribution in [2.24, 2.45) is 0 Å². The van der Waals surface area contributed by atoms with E-state index in [0.717, 1.165) is 4.31 Å². The average molecular weight is 489 g/mol. The highest BCUT2D eigenvalue weighted by molar-refractivity contribution is 7.92. The number of anilines is 1. The lowest BCUT2D eigenvalue weighted by Crippen LogP contribution is -2.32. The summed E-state index contributed by atoms with van der Waals surface area (Å²) in [5.41, 5.74) is -0.0458. The normalized spacial score (nSPS) is 10.9. The maximum Gasteiger partial charge on any atom is 0.338 e. The van der Waals surface area contributed by atoms with Gasteiger partial charge in [0.2, 0.25) is 5.75 Å². The van der Waals surface area contributed by atoms with Crippen molar-refractivity contribution in [3.8, 4) is 23.0 Å². The van der Waals surface area contributed by atoms with Crippen molar-refractivity contribution >= 4 is 21.7 Å². The summed E-state index contributed by atoms with van der Waals surface area (Å²) < 4.78 is 50.0. The largest absolute Gasteiger partial charge is 0.497 e. The molecule has 3 aromatic rings. The third-order valence-corrected chi connectivity index (χ3v) is 6.74. The molecule has 0 saturated heterocycles.